The molecule has 45 heavy (non-hydrogen) atoms. The Balaban J connectivity index is 0.000000272. The van der Waals surface area contributed by atoms with Crippen molar-refractivity contribution >= 4 is 34.8 Å². The van der Waals surface area contributed by atoms with Crippen molar-refractivity contribution in [2.24, 2.45) is 0 Å². The number of carbonyl (C=O) groups excluding carboxylic acids is 4. The smallest absolute Gasteiger partial charge is 0.338 e. The molecule has 0 heterocycles. The minimum atomic E-state index is -0.501. The van der Waals surface area contributed by atoms with Crippen LogP contribution in [0.1, 0.15) is 45.7 Å². The number of aromatic hydroxyl groups is 1. The second kappa shape index (κ2) is 18.9. The lowest BCUT2D eigenvalue weighted by Gasteiger charge is -2.06. The van der Waals surface area contributed by atoms with Crippen LogP contribution in [0.3, 0.4) is 0 Å². The molecule has 8 nitrogen and oxygen atoms in total. The van der Waals surface area contributed by atoms with Gasteiger partial charge in [0.15, 0.2) is 0 Å². The summed E-state index contributed by atoms with van der Waals surface area (Å²) < 4.78 is 15.4. The summed E-state index contributed by atoms with van der Waals surface area (Å²) in [7, 11) is 0. The van der Waals surface area contributed by atoms with E-state index in [0.29, 0.717) is 28.0 Å². The molecular weight excluding hydrogens is 596 g/mol. The third-order valence-corrected chi connectivity index (χ3v) is 5.84. The molecule has 0 radical (unpaired) electrons. The van der Waals surface area contributed by atoms with Gasteiger partial charge in [-0.3, -0.25) is 4.79 Å². The minimum Gasteiger partial charge on any atom is -0.508 e. The monoisotopic (exact) mass is 628 g/mol. The van der Waals surface area contributed by atoms with Crippen molar-refractivity contribution in [1.29, 1.82) is 0 Å². The van der Waals surface area contributed by atoms with Gasteiger partial charge in [-0.05, 0) is 85.1 Å². The second-order valence-electron chi connectivity index (χ2n) is 9.42. The fourth-order valence-corrected chi connectivity index (χ4v) is 3.06. The molecule has 0 aliphatic carbocycles. The summed E-state index contributed by atoms with van der Waals surface area (Å²) in [5.41, 5.74) is 3.38. The Bertz CT molecular complexity index is 1570. The summed E-state index contributed by atoms with van der Waals surface area (Å²) in [5.74, 6) is -0.841. The van der Waals surface area contributed by atoms with Crippen LogP contribution in [0.5, 0.6) is 11.5 Å². The fraction of sp³-hybridized carbons (Fsp3) is 0.111. The highest BCUT2D eigenvalue weighted by Gasteiger charge is 2.10. The number of halogens is 1. The first-order valence-corrected chi connectivity index (χ1v) is 13.9. The van der Waals surface area contributed by atoms with Crippen LogP contribution >= 0.6 is 11.6 Å². The van der Waals surface area contributed by atoms with Gasteiger partial charge in [0, 0.05) is 11.1 Å². The third-order valence-electron chi connectivity index (χ3n) is 5.51. The molecule has 4 rings (SSSR count). The third kappa shape index (κ3) is 14.0. The topological polar surface area (TPSA) is 116 Å². The molecule has 0 fully saturated rings. The molecule has 0 unspecified atom stereocenters. The molecule has 0 bridgehead atoms. The van der Waals surface area contributed by atoms with Gasteiger partial charge in [-0.1, -0.05) is 73.8 Å². The maximum absolute atomic E-state index is 11.9. The zero-order chi connectivity index (χ0) is 33.2. The van der Waals surface area contributed by atoms with Gasteiger partial charge in [0.1, 0.15) is 24.7 Å². The van der Waals surface area contributed by atoms with Gasteiger partial charge in [-0.25, -0.2) is 14.4 Å². The van der Waals surface area contributed by atoms with E-state index in [4.69, 9.17) is 30.9 Å². The SMILES string of the molecule is C=C(C)C(=O)Cl.C=C(C)C(=O)Oc1ccc(C(=O)OCc2ccccc2)cc1.O=C(OCc1ccccc1)c1ccc(O)cc1. The maximum Gasteiger partial charge on any atom is 0.338 e. The molecule has 0 aliphatic heterocycles. The van der Waals surface area contributed by atoms with Crippen LogP contribution in [-0.2, 0) is 32.3 Å². The van der Waals surface area contributed by atoms with E-state index in [0.717, 1.165) is 11.1 Å². The Morgan fingerprint density at radius 1 is 0.622 bits per heavy atom. The predicted molar refractivity (Wildman–Crippen MR) is 172 cm³/mol. The van der Waals surface area contributed by atoms with Crippen molar-refractivity contribution in [2.45, 2.75) is 27.1 Å². The summed E-state index contributed by atoms with van der Waals surface area (Å²) >= 11 is 4.87. The van der Waals surface area contributed by atoms with E-state index in [9.17, 15) is 19.2 Å². The summed E-state index contributed by atoms with van der Waals surface area (Å²) in [5, 5.41) is 8.63. The maximum atomic E-state index is 11.9. The van der Waals surface area contributed by atoms with Crippen molar-refractivity contribution in [3.8, 4) is 11.5 Å². The van der Waals surface area contributed by atoms with Crippen LogP contribution in [0.2, 0.25) is 0 Å². The lowest BCUT2D eigenvalue weighted by molar-refractivity contribution is -0.130. The molecule has 9 heteroatoms. The number of carbonyl (C=O) groups is 4. The molecule has 0 atom stereocenters. The standard InChI is InChI=1S/C18H16O4.C14H12O3.C4H5ClO/c1-13(2)17(19)22-16-10-8-15(9-11-16)18(20)21-12-14-6-4-3-5-7-14;15-13-8-6-12(7-9-13)14(16)17-10-11-4-2-1-3-5-11;1-3(2)4(5)6/h3-11H,1,12H2,2H3;1-9,15H,10H2;1H2,2H3. The van der Waals surface area contributed by atoms with Crippen molar-refractivity contribution in [3.63, 3.8) is 0 Å². The Morgan fingerprint density at radius 2 is 1.00 bits per heavy atom. The van der Waals surface area contributed by atoms with E-state index in [1.165, 1.54) is 24.3 Å². The lowest BCUT2D eigenvalue weighted by atomic mass is 10.2. The number of hydrogen-bond donors (Lipinski definition) is 1. The van der Waals surface area contributed by atoms with E-state index >= 15 is 0 Å². The van der Waals surface area contributed by atoms with Crippen LogP contribution in [0, 0.1) is 0 Å². The number of ether oxygens (including phenoxy) is 3. The number of esters is 3. The van der Waals surface area contributed by atoms with Gasteiger partial charge < -0.3 is 19.3 Å². The predicted octanol–water partition coefficient (Wildman–Crippen LogP) is 7.60. The Labute approximate surface area is 267 Å². The van der Waals surface area contributed by atoms with E-state index in [2.05, 4.69) is 13.2 Å². The fourth-order valence-electron chi connectivity index (χ4n) is 3.06. The van der Waals surface area contributed by atoms with Crippen molar-refractivity contribution in [1.82, 2.24) is 0 Å². The summed E-state index contributed by atoms with van der Waals surface area (Å²) in [4.78, 5) is 44.7. The number of benzene rings is 4. The van der Waals surface area contributed by atoms with E-state index < -0.39 is 23.2 Å². The molecule has 0 saturated heterocycles. The Hall–Kier alpha value is -5.47. The van der Waals surface area contributed by atoms with Gasteiger partial charge in [-0.2, -0.15) is 0 Å². The summed E-state index contributed by atoms with van der Waals surface area (Å²) in [6, 6.07) is 31.1. The lowest BCUT2D eigenvalue weighted by Crippen LogP contribution is -2.09. The van der Waals surface area contributed by atoms with E-state index in [1.807, 2.05) is 60.7 Å². The highest BCUT2D eigenvalue weighted by atomic mass is 35.5. The van der Waals surface area contributed by atoms with Gasteiger partial charge >= 0.3 is 17.9 Å². The zero-order valence-corrected chi connectivity index (χ0v) is 25.7. The number of phenols is 1. The summed E-state index contributed by atoms with van der Waals surface area (Å²) in [6.07, 6.45) is 0. The van der Waals surface area contributed by atoms with Gasteiger partial charge in [0.05, 0.1) is 11.1 Å². The highest BCUT2D eigenvalue weighted by Crippen LogP contribution is 2.15. The normalized spacial score (nSPS) is 9.58. The largest absolute Gasteiger partial charge is 0.508 e. The molecule has 4 aromatic rings. The first-order valence-electron chi connectivity index (χ1n) is 13.5. The van der Waals surface area contributed by atoms with Gasteiger partial charge in [-0.15, -0.1) is 0 Å². The molecule has 232 valence electrons. The van der Waals surface area contributed by atoms with Crippen LogP contribution in [0.25, 0.3) is 0 Å². The molecule has 4 aromatic carbocycles. The summed E-state index contributed by atoms with van der Waals surface area (Å²) in [6.45, 7) is 10.4. The van der Waals surface area contributed by atoms with E-state index in [-0.39, 0.29) is 19.0 Å². The molecule has 0 aliphatic rings. The van der Waals surface area contributed by atoms with Crippen molar-refractivity contribution in [2.75, 3.05) is 0 Å². The van der Waals surface area contributed by atoms with Crippen LogP contribution in [0.15, 0.2) is 133 Å². The van der Waals surface area contributed by atoms with Gasteiger partial charge in [0.2, 0.25) is 5.24 Å². The second-order valence-corrected chi connectivity index (χ2v) is 9.76. The molecule has 0 aromatic heterocycles. The van der Waals surface area contributed by atoms with Crippen LogP contribution in [-0.4, -0.2) is 28.3 Å². The van der Waals surface area contributed by atoms with Crippen LogP contribution in [0.4, 0.5) is 0 Å². The van der Waals surface area contributed by atoms with Crippen molar-refractivity contribution in [3.05, 3.63) is 156 Å². The number of phenolic OH excluding ortho intramolecular Hbond substituents is 1. The van der Waals surface area contributed by atoms with Gasteiger partial charge in [0.25, 0.3) is 0 Å². The highest BCUT2D eigenvalue weighted by molar-refractivity contribution is 6.67. The van der Waals surface area contributed by atoms with Crippen LogP contribution < -0.4 is 4.74 Å². The first kappa shape index (κ1) is 35.7. The minimum absolute atomic E-state index is 0.129. The average Bonchev–Trinajstić information content (AvgIpc) is 3.04. The molecule has 0 spiro atoms. The molecular formula is C36H33ClO8. The number of hydrogen-bond acceptors (Lipinski definition) is 8. The quantitative estimate of drug-likeness (QED) is 0.0871. The Kier molecular flexibility index (Phi) is 15.0. The molecule has 1 N–H and O–H groups in total. The van der Waals surface area contributed by atoms with E-state index in [1.54, 1.807) is 38.1 Å². The average molecular weight is 629 g/mol. The zero-order valence-electron chi connectivity index (χ0n) is 24.9. The Morgan fingerprint density at radius 3 is 1.36 bits per heavy atom. The molecule has 0 saturated carbocycles. The number of rotatable bonds is 9. The van der Waals surface area contributed by atoms with Crippen molar-refractivity contribution < 1.29 is 38.5 Å². The molecule has 0 amide bonds. The number of allylic oxidation sites excluding steroid dienone is 1. The first-order chi connectivity index (χ1) is 21.5.